The molecule has 29 valence electrons. The van der Waals surface area contributed by atoms with Gasteiger partial charge in [-0.3, -0.25) is 0 Å². The quantitative estimate of drug-likeness (QED) is 0.431. The molecule has 0 aromatic heterocycles. The third kappa shape index (κ3) is 4.06. The smallest absolute Gasteiger partial charge is 0.0920 e. The summed E-state index contributed by atoms with van der Waals surface area (Å²) in [7, 11) is 2.18. The normalized spacial score (nSPS) is 7.60. The zero-order chi connectivity index (χ0) is 4.12. The summed E-state index contributed by atoms with van der Waals surface area (Å²) < 4.78 is 0. The maximum atomic E-state index is 2.18. The van der Waals surface area contributed by atoms with Gasteiger partial charge in [-0.25, -0.2) is 0 Å². The van der Waals surface area contributed by atoms with Gasteiger partial charge in [-0.15, -0.1) is 0 Å². The van der Waals surface area contributed by atoms with Gasteiger partial charge in [-0.1, -0.05) is 26.5 Å². The lowest BCUT2D eigenvalue weighted by atomic mass is 9.77. The van der Waals surface area contributed by atoms with Crippen LogP contribution in [0.3, 0.4) is 0 Å². The van der Waals surface area contributed by atoms with E-state index >= 15 is 0 Å². The zero-order valence-electron chi connectivity index (χ0n) is 3.99. The highest BCUT2D eigenvalue weighted by Crippen LogP contribution is 1.81. The maximum Gasteiger partial charge on any atom is 0.105 e. The molecule has 0 unspecified atom stereocenters. The Hall–Kier alpha value is 0.0649. The summed E-state index contributed by atoms with van der Waals surface area (Å²) in [5.74, 6) is 0. The number of hydrogen-bond donors (Lipinski definition) is 0. The molecule has 0 saturated carbocycles. The molecule has 5 heavy (non-hydrogen) atoms. The van der Waals surface area contributed by atoms with Crippen molar-refractivity contribution in [2.24, 2.45) is 0 Å². The molecule has 0 N–H and O–H groups in total. The maximum absolute atomic E-state index is 2.18. The van der Waals surface area contributed by atoms with Crippen LogP contribution in [0.15, 0.2) is 0 Å². The van der Waals surface area contributed by atoms with Crippen molar-refractivity contribution >= 4 is 7.28 Å². The molecule has 0 aromatic carbocycles. The highest BCUT2D eigenvalue weighted by Gasteiger charge is 1.71. The van der Waals surface area contributed by atoms with Crippen LogP contribution in [0.1, 0.15) is 13.3 Å². The van der Waals surface area contributed by atoms with Crippen molar-refractivity contribution in [1.29, 1.82) is 0 Å². The summed E-state index contributed by atoms with van der Waals surface area (Å²) in [6.07, 6.45) is 2.55. The summed E-state index contributed by atoms with van der Waals surface area (Å²) >= 11 is 0. The largest absolute Gasteiger partial charge is 0.105 e. The molecule has 0 heterocycles. The van der Waals surface area contributed by atoms with Crippen molar-refractivity contribution < 1.29 is 0 Å². The van der Waals surface area contributed by atoms with Crippen LogP contribution in [0.25, 0.3) is 0 Å². The van der Waals surface area contributed by atoms with E-state index in [1.807, 2.05) is 0 Å². The standard InChI is InChI=1S/C4H10B/c1-3-4-5-2/h3-4H2,1-2H3. The van der Waals surface area contributed by atoms with Gasteiger partial charge in [0.2, 0.25) is 0 Å². The lowest BCUT2D eigenvalue weighted by Crippen LogP contribution is -1.73. The van der Waals surface area contributed by atoms with Crippen LogP contribution >= 0.6 is 0 Å². The first-order chi connectivity index (χ1) is 2.41. The van der Waals surface area contributed by atoms with Gasteiger partial charge < -0.3 is 0 Å². The van der Waals surface area contributed by atoms with Gasteiger partial charge >= 0.3 is 0 Å². The van der Waals surface area contributed by atoms with Gasteiger partial charge in [-0.2, -0.15) is 0 Å². The molecule has 1 radical (unpaired) electrons. The Morgan fingerprint density at radius 2 is 2.20 bits per heavy atom. The summed E-state index contributed by atoms with van der Waals surface area (Å²) in [6.45, 7) is 4.27. The first kappa shape index (κ1) is 5.06. The van der Waals surface area contributed by atoms with Crippen molar-refractivity contribution in [3.05, 3.63) is 0 Å². The van der Waals surface area contributed by atoms with Crippen LogP contribution < -0.4 is 0 Å². The lowest BCUT2D eigenvalue weighted by molar-refractivity contribution is 1.07. The van der Waals surface area contributed by atoms with Gasteiger partial charge in [0.1, 0.15) is 7.28 Å². The molecule has 0 aliphatic heterocycles. The van der Waals surface area contributed by atoms with Crippen molar-refractivity contribution in [3.8, 4) is 0 Å². The summed E-state index contributed by atoms with van der Waals surface area (Å²) in [5, 5.41) is 0. The van der Waals surface area contributed by atoms with E-state index < -0.39 is 0 Å². The summed E-state index contributed by atoms with van der Waals surface area (Å²) in [6, 6.07) is 0. The second-order valence-corrected chi connectivity index (χ2v) is 1.20. The Morgan fingerprint density at radius 3 is 2.20 bits per heavy atom. The Morgan fingerprint density at radius 1 is 1.60 bits per heavy atom. The zero-order valence-corrected chi connectivity index (χ0v) is 3.99. The summed E-state index contributed by atoms with van der Waals surface area (Å²) in [5.41, 5.74) is 0. The molecule has 0 nitrogen and oxygen atoms in total. The Balaban J connectivity index is 2.19. The molecule has 0 bridgehead atoms. The van der Waals surface area contributed by atoms with Gasteiger partial charge in [0, 0.05) is 0 Å². The van der Waals surface area contributed by atoms with E-state index in [4.69, 9.17) is 0 Å². The second-order valence-electron chi connectivity index (χ2n) is 1.20. The summed E-state index contributed by atoms with van der Waals surface area (Å²) in [4.78, 5) is 0. The first-order valence-corrected chi connectivity index (χ1v) is 2.19. The number of rotatable bonds is 2. The van der Waals surface area contributed by atoms with Crippen molar-refractivity contribution in [2.45, 2.75) is 26.5 Å². The highest BCUT2D eigenvalue weighted by molar-refractivity contribution is 6.33. The monoisotopic (exact) mass is 69.1 g/mol. The van der Waals surface area contributed by atoms with E-state index in [1.165, 1.54) is 12.7 Å². The van der Waals surface area contributed by atoms with E-state index in [0.717, 1.165) is 0 Å². The van der Waals surface area contributed by atoms with Crippen LogP contribution in [0.2, 0.25) is 13.1 Å². The van der Waals surface area contributed by atoms with E-state index in [0.29, 0.717) is 0 Å². The SMILES string of the molecule is C[B]CCC. The minimum absolute atomic E-state index is 1.26. The van der Waals surface area contributed by atoms with Gasteiger partial charge in [0.15, 0.2) is 0 Å². The first-order valence-electron chi connectivity index (χ1n) is 2.19. The fraction of sp³-hybridized carbons (Fsp3) is 1.00. The molecular weight excluding hydrogens is 58.9 g/mol. The van der Waals surface area contributed by atoms with Crippen LogP contribution in [-0.2, 0) is 0 Å². The third-order valence-electron chi connectivity index (χ3n) is 0.577. The Labute approximate surface area is 34.8 Å². The van der Waals surface area contributed by atoms with E-state index in [9.17, 15) is 0 Å². The molecule has 0 rings (SSSR count). The van der Waals surface area contributed by atoms with Crippen molar-refractivity contribution in [1.82, 2.24) is 0 Å². The molecule has 0 fully saturated rings. The predicted molar refractivity (Wildman–Crippen MR) is 26.7 cm³/mol. The van der Waals surface area contributed by atoms with Crippen molar-refractivity contribution in [3.63, 3.8) is 0 Å². The molecule has 0 aliphatic rings. The van der Waals surface area contributed by atoms with Gasteiger partial charge in [-0.05, 0) is 0 Å². The molecular formula is C4H10B. The minimum atomic E-state index is 1.26. The highest BCUT2D eigenvalue weighted by atomic mass is 13.6. The average Bonchev–Trinajstić information content (AvgIpc) is 1.41. The van der Waals surface area contributed by atoms with E-state index in [2.05, 4.69) is 21.0 Å². The van der Waals surface area contributed by atoms with Crippen molar-refractivity contribution in [2.75, 3.05) is 0 Å². The molecule has 0 aromatic rings. The van der Waals surface area contributed by atoms with Crippen LogP contribution in [0.4, 0.5) is 0 Å². The van der Waals surface area contributed by atoms with Crippen LogP contribution in [0, 0.1) is 0 Å². The lowest BCUT2D eigenvalue weighted by Gasteiger charge is -1.76. The molecule has 0 aliphatic carbocycles. The van der Waals surface area contributed by atoms with E-state index in [1.54, 1.807) is 0 Å². The number of hydrogen-bond acceptors (Lipinski definition) is 0. The minimum Gasteiger partial charge on any atom is -0.0920 e. The molecule has 0 amide bonds. The Kier molecular flexibility index (Phi) is 4.12. The molecule has 0 atom stereocenters. The van der Waals surface area contributed by atoms with Gasteiger partial charge in [0.25, 0.3) is 0 Å². The topological polar surface area (TPSA) is 0 Å². The average molecular weight is 68.9 g/mol. The predicted octanol–water partition coefficient (Wildman–Crippen LogP) is 1.57. The fourth-order valence-electron chi connectivity index (χ4n) is 0.289. The molecule has 0 spiro atoms. The third-order valence-corrected chi connectivity index (χ3v) is 0.577. The van der Waals surface area contributed by atoms with E-state index in [-0.39, 0.29) is 0 Å². The van der Waals surface area contributed by atoms with Gasteiger partial charge in [0.05, 0.1) is 0 Å². The Bertz CT molecular complexity index is 11.1. The van der Waals surface area contributed by atoms with Crippen LogP contribution in [0.5, 0.6) is 0 Å². The molecule has 1 heteroatoms. The second kappa shape index (κ2) is 4.06. The fourth-order valence-corrected chi connectivity index (χ4v) is 0.289. The molecule has 0 saturated heterocycles. The van der Waals surface area contributed by atoms with Crippen LogP contribution in [-0.4, -0.2) is 7.28 Å².